The van der Waals surface area contributed by atoms with Gasteiger partial charge in [-0.15, -0.1) is 0 Å². The Morgan fingerprint density at radius 3 is 2.55 bits per heavy atom. The average Bonchev–Trinajstić information content (AvgIpc) is 2.78. The molecule has 0 unspecified atom stereocenters. The Hall–Kier alpha value is -1.88. The summed E-state index contributed by atoms with van der Waals surface area (Å²) in [5.74, 6) is -0.289. The quantitative estimate of drug-likeness (QED) is 0.798. The molecule has 5 N–H and O–H groups in total. The van der Waals surface area contributed by atoms with E-state index in [1.165, 1.54) is 5.56 Å². The number of nitrogens with one attached hydrogen (secondary N) is 1. The average molecular weight is 274 g/mol. The van der Waals surface area contributed by atoms with Crippen LogP contribution in [0.15, 0.2) is 18.2 Å². The van der Waals surface area contributed by atoms with E-state index in [0.29, 0.717) is 5.82 Å². The van der Waals surface area contributed by atoms with Gasteiger partial charge in [0.05, 0.1) is 23.0 Å². The third-order valence-corrected chi connectivity index (χ3v) is 3.67. The van der Waals surface area contributed by atoms with Crippen LogP contribution in [0.4, 0.5) is 0 Å². The lowest BCUT2D eigenvalue weighted by Crippen LogP contribution is -2.31. The number of carbonyl (C=O) groups is 1. The van der Waals surface area contributed by atoms with Gasteiger partial charge >= 0.3 is 0 Å². The second kappa shape index (κ2) is 4.90. The van der Waals surface area contributed by atoms with Gasteiger partial charge in [0.2, 0.25) is 5.91 Å². The summed E-state index contributed by atoms with van der Waals surface area (Å²) in [6.07, 6.45) is 0. The van der Waals surface area contributed by atoms with Crippen LogP contribution in [0.1, 0.15) is 45.1 Å². The van der Waals surface area contributed by atoms with E-state index in [2.05, 4.69) is 42.9 Å². The molecule has 1 amide bonds. The van der Waals surface area contributed by atoms with Crippen molar-refractivity contribution in [3.05, 3.63) is 29.6 Å². The number of aromatic nitrogens is 2. The van der Waals surface area contributed by atoms with Crippen molar-refractivity contribution in [3.63, 3.8) is 0 Å². The predicted octanol–water partition coefficient (Wildman–Crippen LogP) is 1.98. The number of carbonyl (C=O) groups excluding carboxylic acids is 1. The molecular weight excluding hydrogens is 252 g/mol. The van der Waals surface area contributed by atoms with E-state index in [9.17, 15) is 4.79 Å². The zero-order valence-electron chi connectivity index (χ0n) is 12.4. The third-order valence-electron chi connectivity index (χ3n) is 3.67. The zero-order chi connectivity index (χ0) is 15.1. The molecule has 0 aliphatic carbocycles. The molecular formula is C15H22N4O. The van der Waals surface area contributed by atoms with E-state index in [1.807, 2.05) is 6.07 Å². The molecule has 2 rings (SSSR count). The minimum Gasteiger partial charge on any atom is -0.369 e. The molecule has 5 heteroatoms. The van der Waals surface area contributed by atoms with Gasteiger partial charge in [-0.3, -0.25) is 4.79 Å². The Balaban J connectivity index is 2.41. The molecule has 0 saturated heterocycles. The Labute approximate surface area is 118 Å². The van der Waals surface area contributed by atoms with Crippen molar-refractivity contribution in [2.75, 3.05) is 0 Å². The highest BCUT2D eigenvalue weighted by molar-refractivity contribution is 5.78. The number of amides is 1. The van der Waals surface area contributed by atoms with Gasteiger partial charge in [0.1, 0.15) is 5.82 Å². The predicted molar refractivity (Wildman–Crippen MR) is 80.1 cm³/mol. The van der Waals surface area contributed by atoms with Crippen LogP contribution < -0.4 is 11.5 Å². The van der Waals surface area contributed by atoms with Crippen LogP contribution in [0, 0.1) is 5.92 Å². The fraction of sp³-hybridized carbons (Fsp3) is 0.467. The van der Waals surface area contributed by atoms with Gasteiger partial charge in [0, 0.05) is 0 Å². The van der Waals surface area contributed by atoms with Crippen LogP contribution in [0.2, 0.25) is 0 Å². The molecule has 0 bridgehead atoms. The molecule has 1 aromatic carbocycles. The number of nitrogens with zero attached hydrogens (tertiary/aromatic N) is 1. The first-order valence-electron chi connectivity index (χ1n) is 6.75. The summed E-state index contributed by atoms with van der Waals surface area (Å²) < 4.78 is 0. The molecule has 108 valence electrons. The maximum Gasteiger partial charge on any atom is 0.222 e. The minimum absolute atomic E-state index is 0.0715. The van der Waals surface area contributed by atoms with Gasteiger partial charge in [-0.25, -0.2) is 4.98 Å². The molecule has 2 aromatic rings. The number of fused-ring (bicyclic) bond motifs is 1. The first-order chi connectivity index (χ1) is 9.20. The number of H-pyrrole nitrogens is 1. The van der Waals surface area contributed by atoms with E-state index < -0.39 is 17.9 Å². The largest absolute Gasteiger partial charge is 0.369 e. The molecule has 1 heterocycles. The minimum atomic E-state index is -0.516. The molecule has 0 aliphatic heterocycles. The Morgan fingerprint density at radius 2 is 2.00 bits per heavy atom. The summed E-state index contributed by atoms with van der Waals surface area (Å²) in [6.45, 7) is 8.19. The molecule has 2 atom stereocenters. The molecule has 0 spiro atoms. The van der Waals surface area contributed by atoms with Gasteiger partial charge in [-0.2, -0.15) is 0 Å². The van der Waals surface area contributed by atoms with Crippen molar-refractivity contribution < 1.29 is 4.79 Å². The second-order valence-corrected chi connectivity index (χ2v) is 6.32. The summed E-state index contributed by atoms with van der Waals surface area (Å²) in [5.41, 5.74) is 14.4. The summed E-state index contributed by atoms with van der Waals surface area (Å²) in [5, 5.41) is 0. The van der Waals surface area contributed by atoms with Crippen LogP contribution in [0.25, 0.3) is 11.0 Å². The van der Waals surface area contributed by atoms with Crippen molar-refractivity contribution in [2.45, 2.75) is 39.2 Å². The normalized spacial score (nSPS) is 15.2. The summed E-state index contributed by atoms with van der Waals surface area (Å²) in [4.78, 5) is 18.9. The number of benzene rings is 1. The van der Waals surface area contributed by atoms with Crippen molar-refractivity contribution in [2.24, 2.45) is 17.4 Å². The number of hydrogen-bond donors (Lipinski definition) is 3. The number of imidazole rings is 1. The fourth-order valence-electron chi connectivity index (χ4n) is 2.07. The van der Waals surface area contributed by atoms with Crippen molar-refractivity contribution in [1.82, 2.24) is 9.97 Å². The maximum atomic E-state index is 11.2. The third kappa shape index (κ3) is 2.67. The van der Waals surface area contributed by atoms with E-state index in [-0.39, 0.29) is 5.41 Å². The molecule has 0 fully saturated rings. The first kappa shape index (κ1) is 14.5. The number of hydrogen-bond acceptors (Lipinski definition) is 3. The van der Waals surface area contributed by atoms with E-state index in [1.54, 1.807) is 6.92 Å². The van der Waals surface area contributed by atoms with Crippen molar-refractivity contribution in [3.8, 4) is 0 Å². The Kier molecular flexibility index (Phi) is 3.56. The van der Waals surface area contributed by atoms with Crippen LogP contribution in [0.5, 0.6) is 0 Å². The van der Waals surface area contributed by atoms with Crippen LogP contribution in [-0.4, -0.2) is 15.9 Å². The second-order valence-electron chi connectivity index (χ2n) is 6.32. The first-order valence-corrected chi connectivity index (χ1v) is 6.75. The summed E-state index contributed by atoms with van der Waals surface area (Å²) in [7, 11) is 0. The topological polar surface area (TPSA) is 97.8 Å². The van der Waals surface area contributed by atoms with E-state index >= 15 is 0 Å². The zero-order valence-corrected chi connectivity index (χ0v) is 12.4. The van der Waals surface area contributed by atoms with Gasteiger partial charge in [0.15, 0.2) is 0 Å². The van der Waals surface area contributed by atoms with Gasteiger partial charge in [-0.05, 0) is 23.1 Å². The SMILES string of the molecule is C[C@H](C(N)=O)[C@@H](N)c1nc2ccc(C(C)(C)C)cc2[nH]1. The molecule has 0 aliphatic rings. The van der Waals surface area contributed by atoms with Crippen LogP contribution >= 0.6 is 0 Å². The van der Waals surface area contributed by atoms with Crippen molar-refractivity contribution in [1.29, 1.82) is 0 Å². The number of primary amides is 1. The lowest BCUT2D eigenvalue weighted by molar-refractivity contribution is -0.121. The number of nitrogens with two attached hydrogens (primary N) is 2. The fourth-order valence-corrected chi connectivity index (χ4v) is 2.07. The standard InChI is InChI=1S/C15H22N4O/c1-8(13(17)20)12(16)14-18-10-6-5-9(15(2,3)4)7-11(10)19-14/h5-8,12H,16H2,1-4H3,(H2,17,20)(H,18,19)/t8-,12+/m0/s1. The van der Waals surface area contributed by atoms with Crippen LogP contribution in [-0.2, 0) is 10.2 Å². The molecule has 0 radical (unpaired) electrons. The highest BCUT2D eigenvalue weighted by Gasteiger charge is 2.23. The number of rotatable bonds is 3. The molecule has 1 aromatic heterocycles. The Bertz CT molecular complexity index is 639. The maximum absolute atomic E-state index is 11.2. The van der Waals surface area contributed by atoms with E-state index in [0.717, 1.165) is 11.0 Å². The van der Waals surface area contributed by atoms with Crippen molar-refractivity contribution >= 4 is 16.9 Å². The smallest absolute Gasteiger partial charge is 0.222 e. The number of aromatic amines is 1. The van der Waals surface area contributed by atoms with Gasteiger partial charge < -0.3 is 16.5 Å². The molecule has 0 saturated carbocycles. The van der Waals surface area contributed by atoms with Crippen LogP contribution in [0.3, 0.4) is 0 Å². The molecule has 5 nitrogen and oxygen atoms in total. The van der Waals surface area contributed by atoms with E-state index in [4.69, 9.17) is 11.5 Å². The van der Waals surface area contributed by atoms with Gasteiger partial charge in [-0.1, -0.05) is 33.8 Å². The highest BCUT2D eigenvalue weighted by atomic mass is 16.1. The molecule has 20 heavy (non-hydrogen) atoms. The monoisotopic (exact) mass is 274 g/mol. The summed E-state index contributed by atoms with van der Waals surface area (Å²) in [6, 6.07) is 5.60. The van der Waals surface area contributed by atoms with Gasteiger partial charge in [0.25, 0.3) is 0 Å². The lowest BCUT2D eigenvalue weighted by Gasteiger charge is -2.18. The highest BCUT2D eigenvalue weighted by Crippen LogP contribution is 2.26. The lowest BCUT2D eigenvalue weighted by atomic mass is 9.87. The Morgan fingerprint density at radius 1 is 1.35 bits per heavy atom. The summed E-state index contributed by atoms with van der Waals surface area (Å²) >= 11 is 0.